The molecule has 6 nitrogen and oxygen atoms in total. The van der Waals surface area contributed by atoms with Gasteiger partial charge in [-0.05, 0) is 43.7 Å². The van der Waals surface area contributed by atoms with E-state index in [1.807, 2.05) is 6.07 Å². The molecule has 2 N–H and O–H groups in total. The number of nitrogens with one attached hydrogen (secondary N) is 1. The summed E-state index contributed by atoms with van der Waals surface area (Å²) < 4.78 is 1.52. The zero-order valence-electron chi connectivity index (χ0n) is 15.3. The van der Waals surface area contributed by atoms with Crippen LogP contribution in [0.3, 0.4) is 0 Å². The average molecular weight is 418 g/mol. The molecule has 2 aromatic carbocycles. The monoisotopic (exact) mass is 417 g/mol. The topological polar surface area (TPSA) is 84.2 Å². The number of carbonyl (C=O) groups excluding carboxylic acids is 1. The molecule has 3 aromatic rings. The molecule has 1 amide bonds. The molecule has 0 spiro atoms. The summed E-state index contributed by atoms with van der Waals surface area (Å²) in [5, 5.41) is 13.0. The van der Waals surface area contributed by atoms with Gasteiger partial charge in [0.2, 0.25) is 5.91 Å². The second-order valence-electron chi connectivity index (χ2n) is 6.21. The molecule has 1 heterocycles. The molecule has 146 valence electrons. The molecular weight excluding hydrogens is 398 g/mol. The molecule has 3 rings (SSSR count). The quantitative estimate of drug-likeness (QED) is 0.453. The molecule has 0 aliphatic carbocycles. The van der Waals surface area contributed by atoms with Crippen molar-refractivity contribution in [3.8, 4) is 0 Å². The third-order valence-corrected chi connectivity index (χ3v) is 5.44. The number of aromatic nitrogens is 2. The van der Waals surface area contributed by atoms with E-state index in [2.05, 4.69) is 10.3 Å². The Kier molecular flexibility index (Phi) is 6.72. The van der Waals surface area contributed by atoms with E-state index in [9.17, 15) is 9.59 Å². The SMILES string of the molecule is CC(Sc1nc2ccccc2c(=O)n1CCCO)C(=O)Nc1cccc(Cl)c1. The van der Waals surface area contributed by atoms with E-state index in [4.69, 9.17) is 16.7 Å². The lowest BCUT2D eigenvalue weighted by Gasteiger charge is -2.16. The van der Waals surface area contributed by atoms with E-state index in [0.29, 0.717) is 39.7 Å². The zero-order valence-corrected chi connectivity index (χ0v) is 16.8. The molecule has 0 fully saturated rings. The number of para-hydroxylation sites is 1. The fraction of sp³-hybridized carbons (Fsp3) is 0.250. The molecule has 0 saturated carbocycles. The Morgan fingerprint density at radius 2 is 2.07 bits per heavy atom. The van der Waals surface area contributed by atoms with Gasteiger partial charge in [0.15, 0.2) is 5.16 Å². The van der Waals surface area contributed by atoms with Crippen LogP contribution in [0.5, 0.6) is 0 Å². The van der Waals surface area contributed by atoms with Gasteiger partial charge in [0.25, 0.3) is 5.56 Å². The molecule has 1 atom stereocenters. The summed E-state index contributed by atoms with van der Waals surface area (Å²) in [7, 11) is 0. The molecule has 8 heteroatoms. The maximum absolute atomic E-state index is 12.8. The summed E-state index contributed by atoms with van der Waals surface area (Å²) in [6.45, 7) is 2.05. The second-order valence-corrected chi connectivity index (χ2v) is 7.95. The Labute approximate surface area is 171 Å². The fourth-order valence-electron chi connectivity index (χ4n) is 2.69. The number of anilines is 1. The summed E-state index contributed by atoms with van der Waals surface area (Å²) in [5.74, 6) is -0.219. The van der Waals surface area contributed by atoms with Crippen LogP contribution in [-0.2, 0) is 11.3 Å². The molecule has 0 aliphatic heterocycles. The highest BCUT2D eigenvalue weighted by Gasteiger charge is 2.19. The lowest BCUT2D eigenvalue weighted by Crippen LogP contribution is -2.27. The van der Waals surface area contributed by atoms with Gasteiger partial charge in [-0.15, -0.1) is 0 Å². The predicted octanol–water partition coefficient (Wildman–Crippen LogP) is 3.55. The zero-order chi connectivity index (χ0) is 20.1. The van der Waals surface area contributed by atoms with Crippen molar-refractivity contribution < 1.29 is 9.90 Å². The average Bonchev–Trinajstić information content (AvgIpc) is 2.68. The van der Waals surface area contributed by atoms with E-state index in [1.54, 1.807) is 49.4 Å². The van der Waals surface area contributed by atoms with Crippen molar-refractivity contribution in [2.75, 3.05) is 11.9 Å². The van der Waals surface area contributed by atoms with Crippen LogP contribution in [0.4, 0.5) is 5.69 Å². The van der Waals surface area contributed by atoms with Crippen molar-refractivity contribution in [3.63, 3.8) is 0 Å². The molecular formula is C20H20ClN3O3S. The summed E-state index contributed by atoms with van der Waals surface area (Å²) in [4.78, 5) is 30.0. The van der Waals surface area contributed by atoms with Crippen molar-refractivity contribution in [3.05, 3.63) is 63.9 Å². The van der Waals surface area contributed by atoms with Crippen LogP contribution in [0.2, 0.25) is 5.02 Å². The summed E-state index contributed by atoms with van der Waals surface area (Å²) in [6.07, 6.45) is 0.427. The number of aliphatic hydroxyl groups is 1. The number of nitrogens with zero attached hydrogens (tertiary/aromatic N) is 2. The maximum Gasteiger partial charge on any atom is 0.262 e. The highest BCUT2D eigenvalue weighted by atomic mass is 35.5. The van der Waals surface area contributed by atoms with Crippen LogP contribution in [0.25, 0.3) is 10.9 Å². The van der Waals surface area contributed by atoms with Gasteiger partial charge in [-0.2, -0.15) is 0 Å². The first-order chi connectivity index (χ1) is 13.5. The fourth-order valence-corrected chi connectivity index (χ4v) is 3.81. The number of fused-ring (bicyclic) bond motifs is 1. The Morgan fingerprint density at radius 3 is 2.82 bits per heavy atom. The number of benzene rings is 2. The van der Waals surface area contributed by atoms with Crippen molar-refractivity contribution in [1.29, 1.82) is 0 Å². The standard InChI is InChI=1S/C20H20ClN3O3S/c1-13(18(26)22-15-7-4-6-14(21)12-15)28-20-23-17-9-3-2-8-16(17)19(27)24(20)10-5-11-25/h2-4,6-9,12-13,25H,5,10-11H2,1H3,(H,22,26). The van der Waals surface area contributed by atoms with Gasteiger partial charge in [0.1, 0.15) is 0 Å². The van der Waals surface area contributed by atoms with Crippen LogP contribution in [0.15, 0.2) is 58.5 Å². The van der Waals surface area contributed by atoms with Gasteiger partial charge in [-0.3, -0.25) is 14.2 Å². The number of rotatable bonds is 7. The highest BCUT2D eigenvalue weighted by molar-refractivity contribution is 8.00. The van der Waals surface area contributed by atoms with Gasteiger partial charge in [-0.1, -0.05) is 41.6 Å². The second kappa shape index (κ2) is 9.23. The first-order valence-corrected chi connectivity index (χ1v) is 10.1. The summed E-state index contributed by atoms with van der Waals surface area (Å²) in [6, 6.07) is 14.0. The normalized spacial score (nSPS) is 12.1. The molecule has 28 heavy (non-hydrogen) atoms. The van der Waals surface area contributed by atoms with Gasteiger partial charge in [-0.25, -0.2) is 4.98 Å². The summed E-state index contributed by atoms with van der Waals surface area (Å²) >= 11 is 7.16. The number of carbonyl (C=O) groups is 1. The molecule has 1 unspecified atom stereocenters. The third kappa shape index (κ3) is 4.73. The Balaban J connectivity index is 1.87. The summed E-state index contributed by atoms with van der Waals surface area (Å²) in [5.41, 5.74) is 1.01. The minimum absolute atomic E-state index is 0.0336. The van der Waals surface area contributed by atoms with Crippen LogP contribution in [0.1, 0.15) is 13.3 Å². The highest BCUT2D eigenvalue weighted by Crippen LogP contribution is 2.24. The van der Waals surface area contributed by atoms with Crippen molar-refractivity contribution in [2.45, 2.75) is 30.3 Å². The first-order valence-electron chi connectivity index (χ1n) is 8.83. The Bertz CT molecular complexity index is 1050. The smallest absolute Gasteiger partial charge is 0.262 e. The number of thioether (sulfide) groups is 1. The number of hydrogen-bond acceptors (Lipinski definition) is 5. The lowest BCUT2D eigenvalue weighted by atomic mass is 10.2. The van der Waals surface area contributed by atoms with E-state index >= 15 is 0 Å². The third-order valence-electron chi connectivity index (χ3n) is 4.11. The van der Waals surface area contributed by atoms with Gasteiger partial charge >= 0.3 is 0 Å². The lowest BCUT2D eigenvalue weighted by molar-refractivity contribution is -0.115. The molecule has 0 saturated heterocycles. The van der Waals surface area contributed by atoms with Gasteiger partial charge in [0, 0.05) is 23.9 Å². The number of aliphatic hydroxyl groups excluding tert-OH is 1. The molecule has 1 aromatic heterocycles. The number of hydrogen-bond donors (Lipinski definition) is 2. The van der Waals surface area contributed by atoms with E-state index in [1.165, 1.54) is 16.3 Å². The van der Waals surface area contributed by atoms with Gasteiger partial charge < -0.3 is 10.4 Å². The van der Waals surface area contributed by atoms with Crippen LogP contribution < -0.4 is 10.9 Å². The number of halogens is 1. The minimum atomic E-state index is -0.493. The van der Waals surface area contributed by atoms with Crippen molar-refractivity contribution in [1.82, 2.24) is 9.55 Å². The van der Waals surface area contributed by atoms with Crippen LogP contribution in [-0.4, -0.2) is 32.4 Å². The van der Waals surface area contributed by atoms with E-state index in [0.717, 1.165) is 0 Å². The Hall–Kier alpha value is -2.35. The van der Waals surface area contributed by atoms with Gasteiger partial charge in [0.05, 0.1) is 16.2 Å². The minimum Gasteiger partial charge on any atom is -0.396 e. The van der Waals surface area contributed by atoms with Crippen molar-refractivity contribution >= 4 is 45.9 Å². The largest absolute Gasteiger partial charge is 0.396 e. The van der Waals surface area contributed by atoms with Crippen LogP contribution in [0, 0.1) is 0 Å². The van der Waals surface area contributed by atoms with Crippen LogP contribution >= 0.6 is 23.4 Å². The van der Waals surface area contributed by atoms with E-state index < -0.39 is 5.25 Å². The molecule has 0 aliphatic rings. The van der Waals surface area contributed by atoms with E-state index in [-0.39, 0.29) is 18.1 Å². The first kappa shape index (κ1) is 20.4. The maximum atomic E-state index is 12.8. The number of amides is 1. The molecule has 0 radical (unpaired) electrons. The predicted molar refractivity (Wildman–Crippen MR) is 113 cm³/mol. The van der Waals surface area contributed by atoms with Crippen molar-refractivity contribution in [2.24, 2.45) is 0 Å². The molecule has 0 bridgehead atoms. The Morgan fingerprint density at radius 1 is 1.29 bits per heavy atom.